The van der Waals surface area contributed by atoms with Crippen LogP contribution in [0.5, 0.6) is 0 Å². The van der Waals surface area contributed by atoms with Crippen molar-refractivity contribution in [1.29, 1.82) is 0 Å². The Labute approximate surface area is 167 Å². The highest BCUT2D eigenvalue weighted by molar-refractivity contribution is 9.10. The van der Waals surface area contributed by atoms with E-state index >= 15 is 0 Å². The summed E-state index contributed by atoms with van der Waals surface area (Å²) in [5.41, 5.74) is 3.33. The first-order valence-corrected chi connectivity index (χ1v) is 10.4. The van der Waals surface area contributed by atoms with Crippen LogP contribution in [0, 0.1) is 6.92 Å². The van der Waals surface area contributed by atoms with Crippen molar-refractivity contribution in [3.8, 4) is 0 Å². The topological polar surface area (TPSA) is 70.4 Å². The monoisotopic (exact) mass is 432 g/mol. The van der Waals surface area contributed by atoms with Gasteiger partial charge in [-0.15, -0.1) is 0 Å². The molecule has 27 heavy (non-hydrogen) atoms. The Hall–Kier alpha value is -1.70. The molecule has 1 aromatic carbocycles. The number of aromatic nitrogens is 2. The molecule has 1 saturated heterocycles. The van der Waals surface area contributed by atoms with Crippen LogP contribution in [0.4, 0.5) is 5.69 Å². The zero-order valence-corrected chi connectivity index (χ0v) is 17.1. The predicted octanol–water partition coefficient (Wildman–Crippen LogP) is 3.50. The molecule has 2 aliphatic rings. The van der Waals surface area contributed by atoms with Crippen molar-refractivity contribution < 1.29 is 9.90 Å². The fraction of sp³-hybridized carbons (Fsp3) is 0.500. The van der Waals surface area contributed by atoms with Crippen molar-refractivity contribution in [2.24, 2.45) is 0 Å². The van der Waals surface area contributed by atoms with Gasteiger partial charge in [-0.25, -0.2) is 0 Å². The zero-order valence-electron chi connectivity index (χ0n) is 15.5. The molecule has 1 amide bonds. The summed E-state index contributed by atoms with van der Waals surface area (Å²) in [6, 6.07) is 8.15. The molecular weight excluding hydrogens is 408 g/mol. The molecule has 4 rings (SSSR count). The van der Waals surface area contributed by atoms with E-state index in [0.717, 1.165) is 60.2 Å². The molecule has 2 aromatic rings. The number of hydrogen-bond acceptors (Lipinski definition) is 4. The molecule has 3 heterocycles. The number of amides is 1. The van der Waals surface area contributed by atoms with E-state index in [1.807, 2.05) is 35.9 Å². The highest BCUT2D eigenvalue weighted by atomic mass is 79.9. The number of anilines is 1. The predicted molar refractivity (Wildman–Crippen MR) is 108 cm³/mol. The average molecular weight is 433 g/mol. The van der Waals surface area contributed by atoms with E-state index < -0.39 is 0 Å². The molecule has 6 nitrogen and oxygen atoms in total. The lowest BCUT2D eigenvalue weighted by molar-refractivity contribution is 0.1000. The lowest BCUT2D eigenvalue weighted by atomic mass is 10.0. The maximum atomic E-state index is 12.8. The van der Waals surface area contributed by atoms with Gasteiger partial charge in [-0.1, -0.05) is 22.0 Å². The molecule has 0 radical (unpaired) electrons. The number of carbonyl (C=O) groups excluding carboxylic acids is 1. The molecule has 0 bridgehead atoms. The molecule has 2 aliphatic heterocycles. The van der Waals surface area contributed by atoms with Gasteiger partial charge in [0.2, 0.25) is 0 Å². The molecule has 2 N–H and O–H groups in total. The largest absolute Gasteiger partial charge is 0.395 e. The van der Waals surface area contributed by atoms with E-state index in [0.29, 0.717) is 5.69 Å². The van der Waals surface area contributed by atoms with Crippen LogP contribution in [0.2, 0.25) is 0 Å². The Kier molecular flexibility index (Phi) is 5.34. The molecule has 0 aliphatic carbocycles. The highest BCUT2D eigenvalue weighted by Gasteiger charge is 2.35. The van der Waals surface area contributed by atoms with E-state index in [9.17, 15) is 9.90 Å². The van der Waals surface area contributed by atoms with E-state index in [1.54, 1.807) is 0 Å². The molecule has 0 spiro atoms. The summed E-state index contributed by atoms with van der Waals surface area (Å²) in [7, 11) is 0. The highest BCUT2D eigenvalue weighted by Crippen LogP contribution is 2.36. The van der Waals surface area contributed by atoms with Gasteiger partial charge in [-0.05, 0) is 62.9 Å². The quantitative estimate of drug-likeness (QED) is 0.775. The number of aliphatic hydroxyl groups excluding tert-OH is 1. The second-order valence-corrected chi connectivity index (χ2v) is 8.27. The minimum atomic E-state index is -0.183. The summed E-state index contributed by atoms with van der Waals surface area (Å²) in [6.45, 7) is 4.00. The van der Waals surface area contributed by atoms with Gasteiger partial charge < -0.3 is 10.4 Å². The second-order valence-electron chi connectivity index (χ2n) is 7.42. The summed E-state index contributed by atoms with van der Waals surface area (Å²) in [5, 5.41) is 17.2. The van der Waals surface area contributed by atoms with Gasteiger partial charge >= 0.3 is 0 Å². The van der Waals surface area contributed by atoms with E-state index in [4.69, 9.17) is 0 Å². The van der Waals surface area contributed by atoms with Crippen LogP contribution in [0.25, 0.3) is 0 Å². The van der Waals surface area contributed by atoms with E-state index in [2.05, 4.69) is 31.2 Å². The van der Waals surface area contributed by atoms with Crippen molar-refractivity contribution in [1.82, 2.24) is 14.7 Å². The lowest BCUT2D eigenvalue weighted by Crippen LogP contribution is -2.38. The number of nitrogens with zero attached hydrogens (tertiary/aromatic N) is 3. The Morgan fingerprint density at radius 2 is 2.15 bits per heavy atom. The maximum absolute atomic E-state index is 12.8. The third kappa shape index (κ3) is 3.56. The minimum Gasteiger partial charge on any atom is -0.395 e. The number of aliphatic hydroxyl groups is 1. The number of aryl methyl sites for hydroxylation is 1. The smallest absolute Gasteiger partial charge is 0.276 e. The first kappa shape index (κ1) is 18.7. The molecule has 7 heteroatoms. The van der Waals surface area contributed by atoms with Gasteiger partial charge in [0.15, 0.2) is 5.69 Å². The number of nitrogens with one attached hydrogen (secondary N) is 1. The van der Waals surface area contributed by atoms with Gasteiger partial charge in [-0.2, -0.15) is 5.10 Å². The van der Waals surface area contributed by atoms with Crippen molar-refractivity contribution >= 4 is 27.5 Å². The number of carbonyl (C=O) groups is 1. The minimum absolute atomic E-state index is 0.183. The second kappa shape index (κ2) is 7.73. The zero-order chi connectivity index (χ0) is 19.0. The van der Waals surface area contributed by atoms with Gasteiger partial charge in [0.25, 0.3) is 5.91 Å². The number of rotatable bonds is 4. The Morgan fingerprint density at radius 3 is 2.96 bits per heavy atom. The first-order chi connectivity index (χ1) is 13.1. The van der Waals surface area contributed by atoms with Crippen LogP contribution in [-0.4, -0.2) is 44.9 Å². The third-order valence-corrected chi connectivity index (χ3v) is 6.64. The fourth-order valence-corrected chi connectivity index (χ4v) is 4.67. The van der Waals surface area contributed by atoms with Gasteiger partial charge in [-0.3, -0.25) is 14.4 Å². The summed E-state index contributed by atoms with van der Waals surface area (Å²) in [4.78, 5) is 15.2. The summed E-state index contributed by atoms with van der Waals surface area (Å²) in [6.07, 6.45) is 4.25. The summed E-state index contributed by atoms with van der Waals surface area (Å²) >= 11 is 3.50. The molecule has 144 valence electrons. The number of hydrogen-bond donors (Lipinski definition) is 2. The van der Waals surface area contributed by atoms with Crippen LogP contribution in [-0.2, 0) is 6.54 Å². The van der Waals surface area contributed by atoms with Gasteiger partial charge in [0.05, 0.1) is 18.3 Å². The normalized spacial score (nSPS) is 22.6. The molecular formula is C20H25BrN4O2. The Morgan fingerprint density at radius 1 is 1.33 bits per heavy atom. The van der Waals surface area contributed by atoms with E-state index in [1.165, 1.54) is 0 Å². The SMILES string of the molecule is Cc1c(Br)cccc1NC(=O)c1cc2n(n1)CCC[C@H]2N1CCC[C@@H]1CO. The molecule has 1 aromatic heterocycles. The number of fused-ring (bicyclic) bond motifs is 1. The number of benzene rings is 1. The van der Waals surface area contributed by atoms with Crippen molar-refractivity contribution in [2.45, 2.75) is 51.2 Å². The van der Waals surface area contributed by atoms with Crippen molar-refractivity contribution in [2.75, 3.05) is 18.5 Å². The number of halogens is 1. The van der Waals surface area contributed by atoms with Crippen molar-refractivity contribution in [3.63, 3.8) is 0 Å². The van der Waals surface area contributed by atoms with Crippen LogP contribution < -0.4 is 5.32 Å². The van der Waals surface area contributed by atoms with Crippen LogP contribution in [0.1, 0.15) is 53.5 Å². The van der Waals surface area contributed by atoms with Crippen LogP contribution >= 0.6 is 15.9 Å². The van der Waals surface area contributed by atoms with Gasteiger partial charge in [0, 0.05) is 22.7 Å². The third-order valence-electron chi connectivity index (χ3n) is 5.78. The maximum Gasteiger partial charge on any atom is 0.276 e. The lowest BCUT2D eigenvalue weighted by Gasteiger charge is -2.35. The molecule has 0 saturated carbocycles. The molecule has 2 atom stereocenters. The van der Waals surface area contributed by atoms with Crippen molar-refractivity contribution in [3.05, 3.63) is 45.7 Å². The van der Waals surface area contributed by atoms with Crippen LogP contribution in [0.3, 0.4) is 0 Å². The summed E-state index contributed by atoms with van der Waals surface area (Å²) in [5.74, 6) is -0.183. The standard InChI is InChI=1S/C20H25BrN4O2/c1-13-15(21)6-2-7-16(13)22-20(27)17-11-19-18(8-4-10-25(19)23-17)24-9-3-5-14(24)12-26/h2,6-7,11,14,18,26H,3-5,8-10,12H2,1H3,(H,22,27)/t14-,18-/m1/s1. The van der Waals surface area contributed by atoms with E-state index in [-0.39, 0.29) is 24.6 Å². The van der Waals surface area contributed by atoms with Gasteiger partial charge in [0.1, 0.15) is 0 Å². The average Bonchev–Trinajstić information content (AvgIpc) is 3.31. The Balaban J connectivity index is 1.57. The summed E-state index contributed by atoms with van der Waals surface area (Å²) < 4.78 is 2.94. The molecule has 0 unspecified atom stereocenters. The molecule has 1 fully saturated rings. The number of likely N-dealkylation sites (tertiary alicyclic amines) is 1. The Bertz CT molecular complexity index is 851. The first-order valence-electron chi connectivity index (χ1n) is 9.59. The van der Waals surface area contributed by atoms with Crippen LogP contribution in [0.15, 0.2) is 28.7 Å². The fourth-order valence-electron chi connectivity index (χ4n) is 4.30.